The van der Waals surface area contributed by atoms with Crippen molar-refractivity contribution in [1.29, 1.82) is 0 Å². The summed E-state index contributed by atoms with van der Waals surface area (Å²) in [6.07, 6.45) is 0.362. The second kappa shape index (κ2) is 8.31. The third-order valence-electron chi connectivity index (χ3n) is 4.73. The Hall–Kier alpha value is -2.77. The molecule has 0 spiro atoms. The number of methoxy groups -OCH3 is 1. The summed E-state index contributed by atoms with van der Waals surface area (Å²) in [7, 11) is 3.43. The van der Waals surface area contributed by atoms with Crippen LogP contribution in [0, 0.1) is 0 Å². The van der Waals surface area contributed by atoms with Crippen LogP contribution in [0.1, 0.15) is 28.3 Å². The van der Waals surface area contributed by atoms with E-state index in [1.165, 1.54) is 0 Å². The van der Waals surface area contributed by atoms with Crippen LogP contribution in [0.5, 0.6) is 11.5 Å². The van der Waals surface area contributed by atoms with E-state index >= 15 is 0 Å². The molecule has 0 radical (unpaired) electrons. The zero-order valence-corrected chi connectivity index (χ0v) is 17.6. The van der Waals surface area contributed by atoms with Gasteiger partial charge in [-0.25, -0.2) is 4.98 Å². The largest absolute Gasteiger partial charge is 0.493 e. The first-order valence-electron chi connectivity index (χ1n) is 9.11. The van der Waals surface area contributed by atoms with E-state index in [-0.39, 0.29) is 11.8 Å². The molecule has 6 nitrogen and oxygen atoms in total. The van der Waals surface area contributed by atoms with E-state index in [9.17, 15) is 4.79 Å². The highest BCUT2D eigenvalue weighted by molar-refractivity contribution is 7.16. The van der Waals surface area contributed by atoms with Crippen molar-refractivity contribution in [3.05, 3.63) is 63.5 Å². The first kappa shape index (κ1) is 19.5. The molecule has 29 heavy (non-hydrogen) atoms. The molecule has 1 aliphatic heterocycles. The zero-order valence-electron chi connectivity index (χ0n) is 16.0. The van der Waals surface area contributed by atoms with Crippen LogP contribution in [-0.2, 0) is 11.4 Å². The lowest BCUT2D eigenvalue weighted by atomic mass is 9.91. The molecule has 0 saturated carbocycles. The van der Waals surface area contributed by atoms with Gasteiger partial charge >= 0.3 is 0 Å². The Kier molecular flexibility index (Phi) is 5.60. The minimum absolute atomic E-state index is 0.0464. The van der Waals surface area contributed by atoms with Gasteiger partial charge in [0.25, 0.3) is 0 Å². The maximum Gasteiger partial charge on any atom is 0.226 e. The SMILES string of the molecule is CNc1nc2c(s1)[C@H](c1ccc(OC)c(OCc3ccc(Cl)cc3)c1)CC(=O)N2. The molecule has 1 aliphatic rings. The van der Waals surface area contributed by atoms with E-state index in [1.807, 2.05) is 49.5 Å². The summed E-state index contributed by atoms with van der Waals surface area (Å²) in [4.78, 5) is 17.7. The highest BCUT2D eigenvalue weighted by atomic mass is 35.5. The van der Waals surface area contributed by atoms with Crippen LogP contribution in [0.4, 0.5) is 10.9 Å². The predicted molar refractivity (Wildman–Crippen MR) is 116 cm³/mol. The smallest absolute Gasteiger partial charge is 0.226 e. The van der Waals surface area contributed by atoms with E-state index < -0.39 is 0 Å². The minimum Gasteiger partial charge on any atom is -0.493 e. The summed E-state index contributed by atoms with van der Waals surface area (Å²) < 4.78 is 11.5. The number of aromatic nitrogens is 1. The first-order valence-corrected chi connectivity index (χ1v) is 10.3. The molecule has 1 atom stereocenters. The molecule has 0 fully saturated rings. The number of hydrogen-bond acceptors (Lipinski definition) is 6. The summed E-state index contributed by atoms with van der Waals surface area (Å²) in [6.45, 7) is 0.387. The molecule has 150 valence electrons. The van der Waals surface area contributed by atoms with Crippen molar-refractivity contribution in [1.82, 2.24) is 4.98 Å². The average molecular weight is 430 g/mol. The molecule has 1 aromatic heterocycles. The molecule has 3 aromatic rings. The number of benzene rings is 2. The maximum absolute atomic E-state index is 12.2. The number of amides is 1. The highest BCUT2D eigenvalue weighted by Crippen LogP contribution is 2.44. The molecule has 1 amide bonds. The molecule has 0 unspecified atom stereocenters. The van der Waals surface area contributed by atoms with Crippen LogP contribution in [0.3, 0.4) is 0 Å². The second-order valence-electron chi connectivity index (χ2n) is 6.61. The van der Waals surface area contributed by atoms with Crippen LogP contribution in [-0.4, -0.2) is 25.0 Å². The molecular weight excluding hydrogens is 410 g/mol. The fourth-order valence-corrected chi connectivity index (χ4v) is 4.39. The van der Waals surface area contributed by atoms with Crippen molar-refractivity contribution < 1.29 is 14.3 Å². The molecular formula is C21H20ClN3O3S. The Bertz CT molecular complexity index is 1040. The molecule has 0 saturated heterocycles. The molecule has 0 aliphatic carbocycles. The maximum atomic E-state index is 12.2. The lowest BCUT2D eigenvalue weighted by molar-refractivity contribution is -0.116. The second-order valence-corrected chi connectivity index (χ2v) is 8.08. The van der Waals surface area contributed by atoms with E-state index in [4.69, 9.17) is 21.1 Å². The van der Waals surface area contributed by atoms with E-state index in [2.05, 4.69) is 15.6 Å². The number of hydrogen-bond donors (Lipinski definition) is 2. The van der Waals surface area contributed by atoms with Crippen molar-refractivity contribution in [2.45, 2.75) is 18.9 Å². The van der Waals surface area contributed by atoms with E-state index in [0.29, 0.717) is 35.4 Å². The zero-order chi connectivity index (χ0) is 20.4. The number of halogens is 1. The van der Waals surface area contributed by atoms with Gasteiger partial charge in [-0.05, 0) is 35.4 Å². The number of fused-ring (bicyclic) bond motifs is 1. The first-order chi connectivity index (χ1) is 14.1. The average Bonchev–Trinajstić information content (AvgIpc) is 3.15. The summed E-state index contributed by atoms with van der Waals surface area (Å²) in [6, 6.07) is 13.3. The number of thiazole rings is 1. The number of rotatable bonds is 6. The van der Waals surface area contributed by atoms with Gasteiger partial charge in [0, 0.05) is 24.4 Å². The predicted octanol–water partition coefficient (Wildman–Crippen LogP) is 4.90. The van der Waals surface area contributed by atoms with Crippen LogP contribution < -0.4 is 20.1 Å². The standard InChI is InChI=1S/C21H20ClN3O3S/c1-23-21-25-20-19(29-21)15(10-18(26)24-20)13-5-8-16(27-2)17(9-13)28-11-12-3-6-14(22)7-4-12/h3-9,15H,10-11H2,1-2H3,(H,23,25)(H,24,26)/t15-/m0/s1. The van der Waals surface area contributed by atoms with Gasteiger partial charge in [0.1, 0.15) is 12.4 Å². The highest BCUT2D eigenvalue weighted by Gasteiger charge is 2.30. The molecule has 2 N–H and O–H groups in total. The van der Waals surface area contributed by atoms with Gasteiger partial charge in [-0.3, -0.25) is 4.79 Å². The van der Waals surface area contributed by atoms with Crippen molar-refractivity contribution >= 4 is 39.8 Å². The Balaban J connectivity index is 1.63. The third-order valence-corrected chi connectivity index (χ3v) is 6.17. The summed E-state index contributed by atoms with van der Waals surface area (Å²) in [5.41, 5.74) is 1.99. The Morgan fingerprint density at radius 3 is 2.76 bits per heavy atom. The Morgan fingerprint density at radius 2 is 2.03 bits per heavy atom. The van der Waals surface area contributed by atoms with E-state index in [0.717, 1.165) is 21.1 Å². The molecule has 2 aromatic carbocycles. The molecule has 4 rings (SSSR count). The van der Waals surface area contributed by atoms with Gasteiger partial charge in [0.2, 0.25) is 5.91 Å². The number of carbonyl (C=O) groups is 1. The summed E-state index contributed by atoms with van der Waals surface area (Å²) >= 11 is 7.49. The number of carbonyl (C=O) groups excluding carboxylic acids is 1. The van der Waals surface area contributed by atoms with Gasteiger partial charge in [-0.1, -0.05) is 41.1 Å². The fourth-order valence-electron chi connectivity index (χ4n) is 3.26. The lowest BCUT2D eigenvalue weighted by Gasteiger charge is -2.22. The third kappa shape index (κ3) is 4.16. The van der Waals surface area contributed by atoms with Crippen LogP contribution in [0.15, 0.2) is 42.5 Å². The number of nitrogens with one attached hydrogen (secondary N) is 2. The number of anilines is 2. The molecule has 8 heteroatoms. The van der Waals surface area contributed by atoms with Crippen molar-refractivity contribution in [2.75, 3.05) is 24.8 Å². The summed E-state index contributed by atoms with van der Waals surface area (Å²) in [5.74, 6) is 1.77. The normalized spacial score (nSPS) is 15.4. The monoisotopic (exact) mass is 429 g/mol. The van der Waals surface area contributed by atoms with E-state index in [1.54, 1.807) is 18.4 Å². The van der Waals surface area contributed by atoms with Gasteiger partial charge in [-0.2, -0.15) is 0 Å². The van der Waals surface area contributed by atoms with Crippen molar-refractivity contribution in [3.8, 4) is 11.5 Å². The Morgan fingerprint density at radius 1 is 1.24 bits per heavy atom. The topological polar surface area (TPSA) is 72.5 Å². The number of ether oxygens (including phenoxy) is 2. The minimum atomic E-state index is -0.0814. The van der Waals surface area contributed by atoms with Gasteiger partial charge in [-0.15, -0.1) is 0 Å². The number of nitrogens with zero attached hydrogens (tertiary/aromatic N) is 1. The van der Waals surface area contributed by atoms with Crippen LogP contribution in [0.25, 0.3) is 0 Å². The summed E-state index contributed by atoms with van der Waals surface area (Å²) in [5, 5.41) is 7.36. The van der Waals surface area contributed by atoms with Crippen LogP contribution >= 0.6 is 22.9 Å². The van der Waals surface area contributed by atoms with Gasteiger partial charge in [0.05, 0.1) is 12.0 Å². The van der Waals surface area contributed by atoms with Crippen molar-refractivity contribution in [3.63, 3.8) is 0 Å². The van der Waals surface area contributed by atoms with Crippen LogP contribution in [0.2, 0.25) is 5.02 Å². The molecule has 0 bridgehead atoms. The molecule has 2 heterocycles. The van der Waals surface area contributed by atoms with Gasteiger partial charge < -0.3 is 20.1 Å². The quantitative estimate of drug-likeness (QED) is 0.583. The fraction of sp³-hybridized carbons (Fsp3) is 0.238. The van der Waals surface area contributed by atoms with Crippen molar-refractivity contribution in [2.24, 2.45) is 0 Å². The lowest BCUT2D eigenvalue weighted by Crippen LogP contribution is -2.22. The Labute approximate surface area is 177 Å². The van der Waals surface area contributed by atoms with Gasteiger partial charge in [0.15, 0.2) is 16.6 Å².